The minimum Gasteiger partial charge on any atom is -0.469 e. The Kier molecular flexibility index (Phi) is 3.58. The number of ether oxygens (including phenoxy) is 2. The van der Waals surface area contributed by atoms with Gasteiger partial charge in [0.25, 0.3) is 0 Å². The minimum atomic E-state index is -0.548. The number of hydrogen-bond donors (Lipinski definition) is 0. The highest BCUT2D eigenvalue weighted by Gasteiger charge is 2.71. The fraction of sp³-hybridized carbons (Fsp3) is 0.750. The Morgan fingerprint density at radius 1 is 1.21 bits per heavy atom. The van der Waals surface area contributed by atoms with E-state index in [0.29, 0.717) is 5.33 Å². The molecule has 0 aliphatic heterocycles. The van der Waals surface area contributed by atoms with Crippen molar-refractivity contribution in [3.63, 3.8) is 0 Å². The van der Waals surface area contributed by atoms with Crippen LogP contribution in [-0.4, -0.2) is 35.8 Å². The van der Waals surface area contributed by atoms with Crippen LogP contribution >= 0.6 is 31.9 Å². The lowest BCUT2D eigenvalue weighted by atomic mass is 10.3. The molecule has 0 aromatic heterocycles. The van der Waals surface area contributed by atoms with Gasteiger partial charge in [0.1, 0.15) is 0 Å². The van der Waals surface area contributed by atoms with E-state index in [1.54, 1.807) is 0 Å². The lowest BCUT2D eigenvalue weighted by molar-refractivity contribution is -0.148. The first-order valence-corrected chi connectivity index (χ1v) is 5.85. The standard InChI is InChI=1S/C8H10Br2O4/c1-13-6(11)4-5(7(12)14-2)8(4,10)3-9/h4-5H,3H2,1-2H3/t4-,5+,8?. The van der Waals surface area contributed by atoms with Crippen LogP contribution in [0.15, 0.2) is 0 Å². The molecular weight excluding hydrogens is 320 g/mol. The Morgan fingerprint density at radius 2 is 1.57 bits per heavy atom. The Hall–Kier alpha value is -0.100. The molecule has 14 heavy (non-hydrogen) atoms. The van der Waals surface area contributed by atoms with Crippen LogP contribution in [0.5, 0.6) is 0 Å². The zero-order valence-electron chi connectivity index (χ0n) is 7.75. The van der Waals surface area contributed by atoms with Gasteiger partial charge in [0.05, 0.1) is 30.4 Å². The summed E-state index contributed by atoms with van der Waals surface area (Å²) >= 11 is 6.60. The van der Waals surface area contributed by atoms with Crippen LogP contribution in [0.2, 0.25) is 0 Å². The fourth-order valence-corrected chi connectivity index (χ4v) is 2.96. The van der Waals surface area contributed by atoms with E-state index in [9.17, 15) is 9.59 Å². The van der Waals surface area contributed by atoms with Crippen molar-refractivity contribution >= 4 is 43.8 Å². The van der Waals surface area contributed by atoms with Gasteiger partial charge < -0.3 is 9.47 Å². The maximum absolute atomic E-state index is 11.3. The molecule has 1 aliphatic carbocycles. The largest absolute Gasteiger partial charge is 0.469 e. The normalized spacial score (nSPS) is 34.9. The first-order chi connectivity index (χ1) is 6.52. The number of alkyl halides is 2. The van der Waals surface area contributed by atoms with Crippen molar-refractivity contribution in [2.45, 2.75) is 4.32 Å². The Labute approximate surface area is 98.6 Å². The summed E-state index contributed by atoms with van der Waals surface area (Å²) in [4.78, 5) is 22.6. The first-order valence-electron chi connectivity index (χ1n) is 3.93. The molecule has 3 atom stereocenters. The van der Waals surface area contributed by atoms with Crippen molar-refractivity contribution in [2.24, 2.45) is 11.8 Å². The van der Waals surface area contributed by atoms with E-state index in [2.05, 4.69) is 41.3 Å². The third kappa shape index (κ3) is 1.69. The molecule has 0 spiro atoms. The topological polar surface area (TPSA) is 52.6 Å². The number of carbonyl (C=O) groups is 2. The summed E-state index contributed by atoms with van der Waals surface area (Å²) in [5.41, 5.74) is 0. The van der Waals surface area contributed by atoms with Gasteiger partial charge in [0.2, 0.25) is 0 Å². The summed E-state index contributed by atoms with van der Waals surface area (Å²) < 4.78 is 8.65. The molecule has 1 aliphatic rings. The molecule has 1 unspecified atom stereocenters. The molecule has 1 rings (SSSR count). The van der Waals surface area contributed by atoms with Gasteiger partial charge in [0, 0.05) is 5.33 Å². The van der Waals surface area contributed by atoms with Gasteiger partial charge in [-0.3, -0.25) is 9.59 Å². The maximum atomic E-state index is 11.3. The Bertz CT molecular complexity index is 244. The van der Waals surface area contributed by atoms with Crippen molar-refractivity contribution in [2.75, 3.05) is 19.5 Å². The van der Waals surface area contributed by atoms with Crippen LogP contribution in [0, 0.1) is 11.8 Å². The number of halogens is 2. The van der Waals surface area contributed by atoms with Crippen LogP contribution in [0.4, 0.5) is 0 Å². The molecule has 80 valence electrons. The second-order valence-electron chi connectivity index (χ2n) is 3.06. The Morgan fingerprint density at radius 3 is 1.79 bits per heavy atom. The summed E-state index contributed by atoms with van der Waals surface area (Å²) in [5.74, 6) is -1.70. The highest BCUT2D eigenvalue weighted by atomic mass is 79.9. The predicted octanol–water partition coefficient (Wildman–Crippen LogP) is 1.11. The number of hydrogen-bond acceptors (Lipinski definition) is 4. The maximum Gasteiger partial charge on any atom is 0.311 e. The highest BCUT2D eigenvalue weighted by Crippen LogP contribution is 2.59. The highest BCUT2D eigenvalue weighted by molar-refractivity contribution is 9.12. The van der Waals surface area contributed by atoms with E-state index >= 15 is 0 Å². The third-order valence-corrected chi connectivity index (χ3v) is 5.32. The molecule has 0 aromatic carbocycles. The van der Waals surface area contributed by atoms with Crippen LogP contribution in [-0.2, 0) is 19.1 Å². The summed E-state index contributed by atoms with van der Waals surface area (Å²) in [6.45, 7) is 0. The van der Waals surface area contributed by atoms with Crippen molar-refractivity contribution in [1.29, 1.82) is 0 Å². The molecule has 0 amide bonds. The summed E-state index contributed by atoms with van der Waals surface area (Å²) in [6, 6.07) is 0. The summed E-state index contributed by atoms with van der Waals surface area (Å²) in [5, 5.41) is 0.500. The molecule has 0 aromatic rings. The van der Waals surface area contributed by atoms with E-state index in [-0.39, 0.29) is 0 Å². The molecule has 1 saturated carbocycles. The van der Waals surface area contributed by atoms with E-state index in [1.807, 2.05) is 0 Å². The van der Waals surface area contributed by atoms with Crippen molar-refractivity contribution in [3.8, 4) is 0 Å². The van der Waals surface area contributed by atoms with Gasteiger partial charge in [-0.25, -0.2) is 0 Å². The Balaban J connectivity index is 2.79. The zero-order chi connectivity index (χ0) is 10.9. The molecule has 4 nitrogen and oxygen atoms in total. The van der Waals surface area contributed by atoms with Gasteiger partial charge in [-0.05, 0) is 0 Å². The van der Waals surface area contributed by atoms with Crippen LogP contribution in [0.25, 0.3) is 0 Å². The van der Waals surface area contributed by atoms with Crippen LogP contribution in [0.1, 0.15) is 0 Å². The summed E-state index contributed by atoms with van der Waals surface area (Å²) in [6.07, 6.45) is 0. The van der Waals surface area contributed by atoms with Crippen molar-refractivity contribution < 1.29 is 19.1 Å². The van der Waals surface area contributed by atoms with Gasteiger partial charge in [-0.15, -0.1) is 0 Å². The first kappa shape index (κ1) is 12.0. The predicted molar refractivity (Wildman–Crippen MR) is 56.5 cm³/mol. The zero-order valence-corrected chi connectivity index (χ0v) is 10.9. The van der Waals surface area contributed by atoms with E-state index in [4.69, 9.17) is 0 Å². The number of methoxy groups -OCH3 is 2. The van der Waals surface area contributed by atoms with Gasteiger partial charge >= 0.3 is 11.9 Å². The van der Waals surface area contributed by atoms with E-state index in [0.717, 1.165) is 0 Å². The average molecular weight is 330 g/mol. The lowest BCUT2D eigenvalue weighted by Crippen LogP contribution is -2.13. The van der Waals surface area contributed by atoms with E-state index in [1.165, 1.54) is 14.2 Å². The molecule has 0 N–H and O–H groups in total. The van der Waals surface area contributed by atoms with Crippen molar-refractivity contribution in [3.05, 3.63) is 0 Å². The van der Waals surface area contributed by atoms with Gasteiger partial charge in [0.15, 0.2) is 0 Å². The quantitative estimate of drug-likeness (QED) is 0.575. The SMILES string of the molecule is COC(=O)[C@@H]1[C@H](C(=O)OC)C1(Br)CBr. The minimum absolute atomic E-state index is 0.392. The van der Waals surface area contributed by atoms with Gasteiger partial charge in [-0.1, -0.05) is 31.9 Å². The molecule has 0 bridgehead atoms. The smallest absolute Gasteiger partial charge is 0.311 e. The second-order valence-corrected chi connectivity index (χ2v) is 5.10. The fourth-order valence-electron chi connectivity index (χ4n) is 1.49. The van der Waals surface area contributed by atoms with E-state index < -0.39 is 28.1 Å². The summed E-state index contributed by atoms with van der Waals surface area (Å²) in [7, 11) is 2.60. The molecule has 1 fully saturated rings. The number of esters is 2. The molecule has 0 radical (unpaired) electrons. The monoisotopic (exact) mass is 328 g/mol. The molecule has 0 saturated heterocycles. The molecule has 6 heteroatoms. The average Bonchev–Trinajstić information content (AvgIpc) is 2.83. The second kappa shape index (κ2) is 4.18. The molecular formula is C8H10Br2O4. The lowest BCUT2D eigenvalue weighted by Gasteiger charge is -2.02. The van der Waals surface area contributed by atoms with Crippen LogP contribution in [0.3, 0.4) is 0 Å². The van der Waals surface area contributed by atoms with Crippen molar-refractivity contribution in [1.82, 2.24) is 0 Å². The number of rotatable bonds is 3. The van der Waals surface area contributed by atoms with Gasteiger partial charge in [-0.2, -0.15) is 0 Å². The van der Waals surface area contributed by atoms with Crippen LogP contribution < -0.4 is 0 Å². The number of carbonyl (C=O) groups excluding carboxylic acids is 2. The molecule has 0 heterocycles. The third-order valence-electron chi connectivity index (χ3n) is 2.37.